The van der Waals surface area contributed by atoms with Gasteiger partial charge in [0.25, 0.3) is 0 Å². The first kappa shape index (κ1) is 25.1. The van der Waals surface area contributed by atoms with Crippen molar-refractivity contribution in [1.82, 2.24) is 4.72 Å². The molecule has 176 valence electrons. The summed E-state index contributed by atoms with van der Waals surface area (Å²) < 4.78 is 44.6. The number of hydrogen-bond donors (Lipinski definition) is 1. The van der Waals surface area contributed by atoms with Crippen molar-refractivity contribution < 1.29 is 12.8 Å². The van der Waals surface area contributed by atoms with Gasteiger partial charge in [-0.1, -0.05) is 96.1 Å². The Morgan fingerprint density at radius 2 is 1.15 bits per heavy atom. The molecule has 0 heterocycles. The minimum Gasteiger partial charge on any atom is -0.207 e. The number of sulfonamides is 1. The Morgan fingerprint density at radius 1 is 0.667 bits per heavy atom. The van der Waals surface area contributed by atoms with E-state index in [0.717, 1.165) is 22.3 Å². The van der Waals surface area contributed by atoms with Gasteiger partial charge >= 0.3 is 0 Å². The maximum absolute atomic E-state index is 14.0. The first-order chi connectivity index (χ1) is 15.5. The first-order valence-corrected chi connectivity index (χ1v) is 13.0. The standard InChI is InChI=1S/C28H34FNO2S/c1-18(2)23-16-25(19(3)4)28(26(17-23)20(5)6)33(31,32)30-27(21-10-8-7-9-11-21)22-12-14-24(29)15-13-22/h7-20,27,30H,1-6H3/t27-/m0/s1. The van der Waals surface area contributed by atoms with Crippen LogP contribution in [0.5, 0.6) is 0 Å². The van der Waals surface area contributed by atoms with E-state index < -0.39 is 16.1 Å². The Bertz CT molecular complexity index is 1160. The van der Waals surface area contributed by atoms with Gasteiger partial charge in [-0.3, -0.25) is 0 Å². The third-order valence-electron chi connectivity index (χ3n) is 5.96. The van der Waals surface area contributed by atoms with Crippen molar-refractivity contribution >= 4 is 10.0 Å². The highest BCUT2D eigenvalue weighted by atomic mass is 32.2. The van der Waals surface area contributed by atoms with Crippen LogP contribution in [-0.2, 0) is 10.0 Å². The van der Waals surface area contributed by atoms with Crippen molar-refractivity contribution in [3.8, 4) is 0 Å². The number of rotatable bonds is 8. The zero-order chi connectivity index (χ0) is 24.3. The largest absolute Gasteiger partial charge is 0.242 e. The number of nitrogens with one attached hydrogen (secondary N) is 1. The van der Waals surface area contributed by atoms with Crippen molar-refractivity contribution in [2.24, 2.45) is 0 Å². The molecule has 0 unspecified atom stereocenters. The molecule has 0 bridgehead atoms. The summed E-state index contributed by atoms with van der Waals surface area (Å²) in [4.78, 5) is 0.361. The third-order valence-corrected chi connectivity index (χ3v) is 7.51. The summed E-state index contributed by atoms with van der Waals surface area (Å²) in [6.45, 7) is 12.3. The van der Waals surface area contributed by atoms with Gasteiger partial charge in [0.2, 0.25) is 10.0 Å². The van der Waals surface area contributed by atoms with Crippen molar-refractivity contribution in [2.45, 2.75) is 70.2 Å². The Morgan fingerprint density at radius 3 is 1.61 bits per heavy atom. The molecule has 0 aromatic heterocycles. The van der Waals surface area contributed by atoms with Crippen LogP contribution in [0.1, 0.15) is 93.2 Å². The van der Waals surface area contributed by atoms with E-state index in [2.05, 4.69) is 18.6 Å². The van der Waals surface area contributed by atoms with Crippen LogP contribution in [-0.4, -0.2) is 8.42 Å². The van der Waals surface area contributed by atoms with Crippen LogP contribution in [0.4, 0.5) is 4.39 Å². The average molecular weight is 468 g/mol. The molecule has 0 spiro atoms. The highest BCUT2D eigenvalue weighted by Crippen LogP contribution is 2.36. The van der Waals surface area contributed by atoms with Crippen LogP contribution in [0.25, 0.3) is 0 Å². The summed E-state index contributed by atoms with van der Waals surface area (Å²) >= 11 is 0. The molecule has 5 heteroatoms. The summed E-state index contributed by atoms with van der Waals surface area (Å²) in [5, 5.41) is 0. The Balaban J connectivity index is 2.20. The lowest BCUT2D eigenvalue weighted by Gasteiger charge is -2.26. The third kappa shape index (κ3) is 5.71. The fourth-order valence-corrected chi connectivity index (χ4v) is 5.95. The molecule has 3 aromatic carbocycles. The summed E-state index contributed by atoms with van der Waals surface area (Å²) in [5.74, 6) is 0.00502. The lowest BCUT2D eigenvalue weighted by Crippen LogP contribution is -2.31. The molecule has 33 heavy (non-hydrogen) atoms. The first-order valence-electron chi connectivity index (χ1n) is 11.5. The molecular weight excluding hydrogens is 433 g/mol. The van der Waals surface area contributed by atoms with Crippen molar-refractivity contribution in [3.63, 3.8) is 0 Å². The highest BCUT2D eigenvalue weighted by Gasteiger charge is 2.30. The Kier molecular flexibility index (Phi) is 7.76. The van der Waals surface area contributed by atoms with E-state index in [1.807, 2.05) is 70.2 Å². The van der Waals surface area contributed by atoms with Crippen LogP contribution in [0.2, 0.25) is 0 Å². The van der Waals surface area contributed by atoms with E-state index >= 15 is 0 Å². The summed E-state index contributed by atoms with van der Waals surface area (Å²) in [7, 11) is -3.90. The van der Waals surface area contributed by atoms with Gasteiger partial charge < -0.3 is 0 Å². The van der Waals surface area contributed by atoms with E-state index in [-0.39, 0.29) is 17.7 Å². The number of benzene rings is 3. The molecule has 1 atom stereocenters. The molecule has 0 aliphatic heterocycles. The Hall–Kier alpha value is -2.50. The molecule has 0 fully saturated rings. The van der Waals surface area contributed by atoms with Gasteiger partial charge in [0.1, 0.15) is 5.82 Å². The number of halogens is 1. The summed E-state index contributed by atoms with van der Waals surface area (Å²) in [6.07, 6.45) is 0. The molecule has 0 radical (unpaired) electrons. The quantitative estimate of drug-likeness (QED) is 0.379. The molecule has 0 aliphatic rings. The smallest absolute Gasteiger partial charge is 0.207 e. The van der Waals surface area contributed by atoms with E-state index in [1.165, 1.54) is 12.1 Å². The van der Waals surface area contributed by atoms with Gasteiger partial charge in [-0.15, -0.1) is 0 Å². The van der Waals surface area contributed by atoms with E-state index in [9.17, 15) is 12.8 Å². The van der Waals surface area contributed by atoms with Crippen molar-refractivity contribution in [3.05, 3.63) is 100 Å². The molecular formula is C28H34FNO2S. The van der Waals surface area contributed by atoms with Gasteiger partial charge in [0.15, 0.2) is 0 Å². The minimum atomic E-state index is -3.90. The van der Waals surface area contributed by atoms with Gasteiger partial charge in [0, 0.05) is 0 Å². The molecule has 0 saturated carbocycles. The topological polar surface area (TPSA) is 46.2 Å². The van der Waals surface area contributed by atoms with Gasteiger partial charge in [0.05, 0.1) is 10.9 Å². The highest BCUT2D eigenvalue weighted by molar-refractivity contribution is 7.89. The van der Waals surface area contributed by atoms with Crippen molar-refractivity contribution in [2.75, 3.05) is 0 Å². The zero-order valence-corrected chi connectivity index (χ0v) is 21.1. The average Bonchev–Trinajstić information content (AvgIpc) is 2.77. The summed E-state index contributed by atoms with van der Waals surface area (Å²) in [6, 6.07) is 18.8. The lowest BCUT2D eigenvalue weighted by atomic mass is 9.89. The van der Waals surface area contributed by atoms with E-state index in [1.54, 1.807) is 12.1 Å². The van der Waals surface area contributed by atoms with Crippen LogP contribution < -0.4 is 4.72 Å². The van der Waals surface area contributed by atoms with Crippen LogP contribution in [0.3, 0.4) is 0 Å². The molecule has 1 N–H and O–H groups in total. The predicted octanol–water partition coefficient (Wildman–Crippen LogP) is 7.26. The fourth-order valence-electron chi connectivity index (χ4n) is 4.04. The molecule has 0 aliphatic carbocycles. The molecule has 3 aromatic rings. The molecule has 3 rings (SSSR count). The molecule has 3 nitrogen and oxygen atoms in total. The Labute approximate surface area is 198 Å². The van der Waals surface area contributed by atoms with Crippen molar-refractivity contribution in [1.29, 1.82) is 0 Å². The SMILES string of the molecule is CC(C)c1cc(C(C)C)c(S(=O)(=O)N[C@@H](c2ccccc2)c2ccc(F)cc2)c(C(C)C)c1. The second kappa shape index (κ2) is 10.2. The normalized spacial score (nSPS) is 13.2. The van der Waals surface area contributed by atoms with Gasteiger partial charge in [-0.05, 0) is 57.7 Å². The summed E-state index contributed by atoms with van der Waals surface area (Å²) in [5.41, 5.74) is 4.26. The number of hydrogen-bond acceptors (Lipinski definition) is 2. The zero-order valence-electron chi connectivity index (χ0n) is 20.3. The second-order valence-electron chi connectivity index (χ2n) is 9.51. The van der Waals surface area contributed by atoms with Gasteiger partial charge in [-0.2, -0.15) is 4.72 Å². The molecule has 0 amide bonds. The maximum atomic E-state index is 14.0. The molecule has 0 saturated heterocycles. The van der Waals surface area contributed by atoms with E-state index in [4.69, 9.17) is 0 Å². The van der Waals surface area contributed by atoms with Crippen LogP contribution in [0, 0.1) is 5.82 Å². The predicted molar refractivity (Wildman–Crippen MR) is 134 cm³/mol. The van der Waals surface area contributed by atoms with Crippen LogP contribution in [0.15, 0.2) is 71.6 Å². The van der Waals surface area contributed by atoms with E-state index in [0.29, 0.717) is 16.4 Å². The maximum Gasteiger partial charge on any atom is 0.242 e. The second-order valence-corrected chi connectivity index (χ2v) is 11.2. The fraction of sp³-hybridized carbons (Fsp3) is 0.357. The van der Waals surface area contributed by atoms with Crippen LogP contribution >= 0.6 is 0 Å². The lowest BCUT2D eigenvalue weighted by molar-refractivity contribution is 0.566. The van der Waals surface area contributed by atoms with Gasteiger partial charge in [-0.25, -0.2) is 12.8 Å². The monoisotopic (exact) mass is 467 g/mol. The minimum absolute atomic E-state index is 0.0359.